The molecule has 0 saturated carbocycles. The molecule has 0 aliphatic carbocycles. The Kier molecular flexibility index (Phi) is 45.6. The highest BCUT2D eigenvalue weighted by Gasteiger charge is 2.38. The monoisotopic (exact) mass is 2430 g/mol. The lowest BCUT2D eigenvalue weighted by molar-refractivity contribution is -0.117. The van der Waals surface area contributed by atoms with Gasteiger partial charge in [0.05, 0.1) is 222 Å². The van der Waals surface area contributed by atoms with Gasteiger partial charge >= 0.3 is 0 Å². The average molecular weight is 2430 g/mol. The predicted molar refractivity (Wildman–Crippen MR) is 456 cm³/mol. The Bertz CT molecular complexity index is 3120. The molecule has 0 aromatic heterocycles. The topological polar surface area (TPSA) is 567 Å². The number of rotatable bonds is 46. The summed E-state index contributed by atoms with van der Waals surface area (Å²) in [5.41, 5.74) is -2.16. The van der Waals surface area contributed by atoms with Crippen LogP contribution in [0, 0.1) is 40.9 Å². The summed E-state index contributed by atoms with van der Waals surface area (Å²) in [4.78, 5) is 128. The number of nitrogens with one attached hydrogen (secondary N) is 6. The van der Waals surface area contributed by atoms with Crippen molar-refractivity contribution in [3.63, 3.8) is 0 Å². The fourth-order valence-electron chi connectivity index (χ4n) is 9.92. The van der Waals surface area contributed by atoms with Crippen LogP contribution in [0.5, 0.6) is 0 Å². The van der Waals surface area contributed by atoms with Crippen molar-refractivity contribution in [1.29, 1.82) is 0 Å². The highest BCUT2D eigenvalue weighted by molar-refractivity contribution is 14.1. The Labute approximate surface area is 730 Å². The Morgan fingerprint density at radius 1 is 0.333 bits per heavy atom. The molecule has 3 aromatic carbocycles. The van der Waals surface area contributed by atoms with E-state index in [4.69, 9.17) is 14.2 Å². The van der Waals surface area contributed by atoms with Crippen molar-refractivity contribution in [2.45, 2.75) is 96.0 Å². The molecule has 21 N–H and O–H groups in total. The number of nitrogens with zero attached hydrogens (tertiary/aromatic N) is 3. The van der Waals surface area contributed by atoms with Crippen molar-refractivity contribution in [2.24, 2.45) is 5.41 Å². The molecule has 108 heavy (non-hydrogen) atoms. The molecule has 36 nitrogen and oxygen atoms in total. The lowest BCUT2D eigenvalue weighted by Gasteiger charge is -2.34. The average Bonchev–Trinajstić information content (AvgIpc) is 0.769. The quantitative estimate of drug-likeness (QED) is 0.0256. The van der Waals surface area contributed by atoms with Crippen molar-refractivity contribution in [3.8, 4) is 0 Å². The summed E-state index contributed by atoms with van der Waals surface area (Å²) in [7, 11) is 0. The molecule has 9 unspecified atom stereocenters. The molecule has 0 heterocycles. The van der Waals surface area contributed by atoms with Gasteiger partial charge in [-0.25, -0.2) is 0 Å². The number of carbonyl (C=O) groups is 9. The Morgan fingerprint density at radius 2 is 0.528 bits per heavy atom. The number of aliphatic hydroxyl groups is 15. The highest BCUT2D eigenvalue weighted by Crippen LogP contribution is 2.42. The number of carbonyl (C=O) groups excluding carboxylic acids is 9. The number of ether oxygens (including phenoxy) is 3. The SMILES string of the molecule is CCC(COCC(O)CN(C(C)=O)c1c(C)c(C(=O)NCC(O)CO)c(I)c(C(=O)NCC(O)CO)c1I)(COCC(O)CN(C(C)=O)c1c(I)c(C(=O)NCC(O)CO)c(I)c(C(=O)NCC(O)CO)c1I)COCC(O)CN(C(C)=O)c1c(I)c(C(=O)NCC(O)CO)c(I)c(C(=O)NCC(O)CO)c1I. The molecule has 0 spiro atoms. The van der Waals surface area contributed by atoms with E-state index in [0.717, 1.165) is 35.5 Å². The second kappa shape index (κ2) is 49.2. The van der Waals surface area contributed by atoms with E-state index < -0.39 is 232 Å². The van der Waals surface area contributed by atoms with Gasteiger partial charge in [-0.2, -0.15) is 0 Å². The van der Waals surface area contributed by atoms with Crippen LogP contribution in [0.15, 0.2) is 0 Å². The summed E-state index contributed by atoms with van der Waals surface area (Å²) in [5, 5.41) is 168. The van der Waals surface area contributed by atoms with Gasteiger partial charge in [0, 0.05) is 76.2 Å². The maximum absolute atomic E-state index is 13.9. The summed E-state index contributed by atoms with van der Waals surface area (Å²) >= 11 is 14.2. The fourth-order valence-corrected chi connectivity index (χ4v) is 22.3. The third-order valence-corrected chi connectivity index (χ3v) is 24.3. The van der Waals surface area contributed by atoms with Crippen LogP contribution < -0.4 is 46.6 Å². The molecule has 608 valence electrons. The van der Waals surface area contributed by atoms with Crippen LogP contribution in [0.3, 0.4) is 0 Å². The van der Waals surface area contributed by atoms with E-state index >= 15 is 0 Å². The zero-order chi connectivity index (χ0) is 81.9. The normalized spacial score (nSPS) is 14.6. The van der Waals surface area contributed by atoms with Gasteiger partial charge in [0.25, 0.3) is 35.4 Å². The van der Waals surface area contributed by atoms with Gasteiger partial charge in [-0.3, -0.25) is 43.2 Å². The van der Waals surface area contributed by atoms with Crippen LogP contribution in [0.25, 0.3) is 0 Å². The summed E-state index contributed by atoms with van der Waals surface area (Å²) in [6, 6.07) is 0. The van der Waals surface area contributed by atoms with Gasteiger partial charge in [-0.1, -0.05) is 6.92 Å². The van der Waals surface area contributed by atoms with Crippen molar-refractivity contribution in [2.75, 3.05) is 153 Å². The molecule has 3 aromatic rings. The van der Waals surface area contributed by atoms with E-state index in [1.165, 1.54) is 6.92 Å². The zero-order valence-electron chi connectivity index (χ0n) is 58.7. The van der Waals surface area contributed by atoms with Gasteiger partial charge < -0.3 is 137 Å². The molecule has 0 radical (unpaired) electrons. The molecular weight excluding hydrogens is 2340 g/mol. The number of halogens is 8. The van der Waals surface area contributed by atoms with Crippen LogP contribution in [-0.2, 0) is 28.6 Å². The smallest absolute Gasteiger partial charge is 0.253 e. The second-order valence-corrected chi connectivity index (χ2v) is 33.1. The van der Waals surface area contributed by atoms with Gasteiger partial charge in [0.2, 0.25) is 17.7 Å². The second-order valence-electron chi connectivity index (χ2n) is 24.5. The van der Waals surface area contributed by atoms with Crippen LogP contribution >= 0.6 is 181 Å². The number of benzene rings is 3. The third kappa shape index (κ3) is 28.7. The minimum absolute atomic E-state index is 0.0154. The molecule has 3 rings (SSSR count). The molecular formula is C64H89I8N9O27. The lowest BCUT2D eigenvalue weighted by atomic mass is 9.88. The first-order valence-corrected chi connectivity index (χ1v) is 41.3. The fraction of sp³-hybridized carbons (Fsp3) is 0.578. The summed E-state index contributed by atoms with van der Waals surface area (Å²) in [6.45, 7) is -4.77. The first kappa shape index (κ1) is 100. The molecule has 0 bridgehead atoms. The summed E-state index contributed by atoms with van der Waals surface area (Å²) in [6.07, 6.45) is -13.0. The van der Waals surface area contributed by atoms with Gasteiger partial charge in [-0.15, -0.1) is 0 Å². The number of aliphatic hydroxyl groups excluding tert-OH is 15. The van der Waals surface area contributed by atoms with Crippen molar-refractivity contribution < 1.29 is 134 Å². The molecule has 0 saturated heterocycles. The molecule has 0 aliphatic heterocycles. The van der Waals surface area contributed by atoms with Crippen molar-refractivity contribution in [3.05, 3.63) is 67.5 Å². The first-order chi connectivity index (χ1) is 50.7. The summed E-state index contributed by atoms with van der Waals surface area (Å²) < 4.78 is 19.4. The molecule has 9 amide bonds. The van der Waals surface area contributed by atoms with E-state index in [2.05, 4.69) is 31.9 Å². The third-order valence-electron chi connectivity index (χ3n) is 15.8. The van der Waals surface area contributed by atoms with Crippen LogP contribution in [0.2, 0.25) is 0 Å². The van der Waals surface area contributed by atoms with E-state index in [0.29, 0.717) is 0 Å². The van der Waals surface area contributed by atoms with E-state index in [1.54, 1.807) is 188 Å². The minimum atomic E-state index is -1.59. The maximum Gasteiger partial charge on any atom is 0.253 e. The predicted octanol–water partition coefficient (Wildman–Crippen LogP) is -2.68. The number of amides is 9. The number of hydrogen-bond acceptors (Lipinski definition) is 27. The highest BCUT2D eigenvalue weighted by atomic mass is 127. The first-order valence-electron chi connectivity index (χ1n) is 32.7. The molecule has 44 heteroatoms. The maximum atomic E-state index is 13.9. The number of hydrogen-bond donors (Lipinski definition) is 21. The van der Waals surface area contributed by atoms with Gasteiger partial charge in [0.15, 0.2) is 0 Å². The zero-order valence-corrected chi connectivity index (χ0v) is 76.0. The Balaban J connectivity index is 2.21. The standard InChI is InChI=1S/C64H89I8N9O27/c1-6-64(25-106-22-38(97)13-79(29(3)88)55-28(2)41(58(100)73-7-32(91)16-82)47(65)42(50(55)68)59(101)74-8-33(92)17-83,26-107-23-39(98)14-80(30(4)89)56-51(69)43(60(102)75-9-34(93)18-84)48(66)44(52(56)70)61(103)76-10-35(94)19-85)27-108-24-40(99)15-81(31(5)90)57-53(71)45(62(104)77-11-36(95)20-86)49(67)46(54(57)72)63(105)78-12-37(96)21-87/h32-40,82-87,91-99H,6-27H2,1-5H3,(H,73,100)(H,74,101)(H,75,102)(H,76,103)(H,77,104)(H,78,105). The van der Waals surface area contributed by atoms with E-state index in [9.17, 15) is 120 Å². The van der Waals surface area contributed by atoms with Gasteiger partial charge in [0.1, 0.15) is 0 Å². The Hall–Kier alpha value is -1.99. The minimum Gasteiger partial charge on any atom is -0.394 e. The molecule has 9 atom stereocenters. The largest absolute Gasteiger partial charge is 0.394 e. The number of anilines is 3. The van der Waals surface area contributed by atoms with Crippen LogP contribution in [0.4, 0.5) is 17.1 Å². The molecule has 0 aliphatic rings. The Morgan fingerprint density at radius 3 is 0.731 bits per heavy atom. The lowest BCUT2D eigenvalue weighted by Crippen LogP contribution is -2.44. The molecule has 0 fully saturated rings. The van der Waals surface area contributed by atoms with Crippen LogP contribution in [0.1, 0.15) is 102 Å². The van der Waals surface area contributed by atoms with Crippen molar-refractivity contribution in [1.82, 2.24) is 31.9 Å². The van der Waals surface area contributed by atoms with E-state index in [1.807, 2.05) is 0 Å². The van der Waals surface area contributed by atoms with E-state index in [-0.39, 0.29) is 111 Å². The van der Waals surface area contributed by atoms with Gasteiger partial charge in [-0.05, 0) is 200 Å². The summed E-state index contributed by atoms with van der Waals surface area (Å²) in [5.74, 6) is -7.12. The van der Waals surface area contributed by atoms with Crippen molar-refractivity contribution >= 4 is 251 Å². The van der Waals surface area contributed by atoms with Crippen LogP contribution in [-0.4, -0.2) is 323 Å².